The summed E-state index contributed by atoms with van der Waals surface area (Å²) < 4.78 is 19.2. The van der Waals surface area contributed by atoms with Crippen LogP contribution in [0.1, 0.15) is 36.1 Å². The standard InChI is InChI=1S/C22H24FNO3/c1-14(25)17-12-20(27-13-17)22(26)24-11-10-15-4-2-3-5-19(15)21(24)16-6-8-18(23)9-7-16/h2-9,14,17,20-21,25H,10-13H2,1H3/t14-,17+,20-,21+/m1/s1. The fourth-order valence-electron chi connectivity index (χ4n) is 4.15. The number of rotatable bonds is 3. The van der Waals surface area contributed by atoms with Gasteiger partial charge < -0.3 is 14.7 Å². The van der Waals surface area contributed by atoms with E-state index in [1.807, 2.05) is 23.1 Å². The molecule has 0 spiro atoms. The number of carbonyl (C=O) groups is 1. The Labute approximate surface area is 158 Å². The van der Waals surface area contributed by atoms with Crippen LogP contribution in [0.25, 0.3) is 0 Å². The van der Waals surface area contributed by atoms with Crippen LogP contribution in [0.15, 0.2) is 48.5 Å². The fourth-order valence-corrected chi connectivity index (χ4v) is 4.15. The highest BCUT2D eigenvalue weighted by Crippen LogP contribution is 2.37. The van der Waals surface area contributed by atoms with Gasteiger partial charge in [-0.1, -0.05) is 36.4 Å². The second-order valence-corrected chi connectivity index (χ2v) is 7.49. The Balaban J connectivity index is 1.67. The van der Waals surface area contributed by atoms with Gasteiger partial charge in [0.1, 0.15) is 11.9 Å². The molecule has 2 heterocycles. The minimum Gasteiger partial charge on any atom is -0.393 e. The number of hydrogen-bond donors (Lipinski definition) is 1. The smallest absolute Gasteiger partial charge is 0.252 e. The summed E-state index contributed by atoms with van der Waals surface area (Å²) in [5.74, 6) is -0.359. The highest BCUT2D eigenvalue weighted by Gasteiger charge is 2.40. The zero-order chi connectivity index (χ0) is 19.0. The maximum atomic E-state index is 13.4. The number of ether oxygens (including phenoxy) is 1. The van der Waals surface area contributed by atoms with Crippen molar-refractivity contribution >= 4 is 5.91 Å². The van der Waals surface area contributed by atoms with Crippen LogP contribution in [0.2, 0.25) is 0 Å². The summed E-state index contributed by atoms with van der Waals surface area (Å²) in [4.78, 5) is 15.1. The minimum absolute atomic E-state index is 0.0136. The summed E-state index contributed by atoms with van der Waals surface area (Å²) in [6, 6.07) is 14.2. The molecule has 1 amide bonds. The van der Waals surface area contributed by atoms with E-state index in [4.69, 9.17) is 4.74 Å². The molecule has 2 aliphatic heterocycles. The van der Waals surface area contributed by atoms with Crippen molar-refractivity contribution in [2.24, 2.45) is 5.92 Å². The van der Waals surface area contributed by atoms with Gasteiger partial charge >= 0.3 is 0 Å². The molecule has 5 heteroatoms. The molecule has 1 fully saturated rings. The lowest BCUT2D eigenvalue weighted by Gasteiger charge is -2.39. The SMILES string of the molecule is C[C@@H](O)[C@@H]1CO[C@@H](C(=O)N2CCc3ccccc3[C@@H]2c2ccc(F)cc2)C1. The predicted molar refractivity (Wildman–Crippen MR) is 99.6 cm³/mol. The zero-order valence-electron chi connectivity index (χ0n) is 15.3. The van der Waals surface area contributed by atoms with Gasteiger partial charge in [0.05, 0.1) is 18.8 Å². The summed E-state index contributed by atoms with van der Waals surface area (Å²) in [6.45, 7) is 2.73. The maximum Gasteiger partial charge on any atom is 0.252 e. The average Bonchev–Trinajstić information content (AvgIpc) is 3.18. The minimum atomic E-state index is -0.530. The number of halogens is 1. The first-order chi connectivity index (χ1) is 13.0. The molecule has 0 aromatic heterocycles. The number of benzene rings is 2. The van der Waals surface area contributed by atoms with Crippen molar-refractivity contribution in [2.75, 3.05) is 13.2 Å². The third-order valence-corrected chi connectivity index (χ3v) is 5.74. The number of amides is 1. The van der Waals surface area contributed by atoms with Crippen molar-refractivity contribution < 1.29 is 19.0 Å². The molecule has 4 atom stereocenters. The molecular formula is C22H24FNO3. The monoisotopic (exact) mass is 369 g/mol. The van der Waals surface area contributed by atoms with Crippen LogP contribution >= 0.6 is 0 Å². The van der Waals surface area contributed by atoms with E-state index in [1.165, 1.54) is 17.7 Å². The molecule has 2 aromatic carbocycles. The Kier molecular flexibility index (Phi) is 4.98. The highest BCUT2D eigenvalue weighted by molar-refractivity contribution is 5.82. The van der Waals surface area contributed by atoms with Gasteiger partial charge in [0.2, 0.25) is 0 Å². The molecule has 0 unspecified atom stereocenters. The quantitative estimate of drug-likeness (QED) is 0.905. The summed E-state index contributed by atoms with van der Waals surface area (Å²) in [7, 11) is 0. The van der Waals surface area contributed by atoms with Gasteiger partial charge in [0.25, 0.3) is 5.91 Å². The Morgan fingerprint density at radius 1 is 1.22 bits per heavy atom. The number of aliphatic hydroxyl groups is 1. The predicted octanol–water partition coefficient (Wildman–Crippen LogP) is 3.09. The number of hydrogen-bond acceptors (Lipinski definition) is 3. The molecule has 4 nitrogen and oxygen atoms in total. The normalized spacial score (nSPS) is 25.9. The van der Waals surface area contributed by atoms with Crippen LogP contribution in [0.5, 0.6) is 0 Å². The highest BCUT2D eigenvalue weighted by atomic mass is 19.1. The third-order valence-electron chi connectivity index (χ3n) is 5.74. The number of aliphatic hydroxyl groups excluding tert-OH is 1. The van der Waals surface area contributed by atoms with Crippen LogP contribution in [0.3, 0.4) is 0 Å². The van der Waals surface area contributed by atoms with Crippen LogP contribution in [-0.4, -0.2) is 41.3 Å². The van der Waals surface area contributed by atoms with Crippen molar-refractivity contribution in [3.63, 3.8) is 0 Å². The Hall–Kier alpha value is -2.24. The second-order valence-electron chi connectivity index (χ2n) is 7.49. The van der Waals surface area contributed by atoms with Crippen LogP contribution in [0.4, 0.5) is 4.39 Å². The molecule has 0 saturated carbocycles. The van der Waals surface area contributed by atoms with E-state index in [0.717, 1.165) is 17.5 Å². The number of nitrogens with zero attached hydrogens (tertiary/aromatic N) is 1. The molecular weight excluding hydrogens is 345 g/mol. The zero-order valence-corrected chi connectivity index (χ0v) is 15.3. The molecule has 1 saturated heterocycles. The molecule has 1 N–H and O–H groups in total. The summed E-state index contributed by atoms with van der Waals surface area (Å²) in [5.41, 5.74) is 3.18. The molecule has 0 aliphatic carbocycles. The van der Waals surface area contributed by atoms with Gasteiger partial charge in [-0.25, -0.2) is 4.39 Å². The van der Waals surface area contributed by atoms with E-state index in [0.29, 0.717) is 19.6 Å². The second kappa shape index (κ2) is 7.41. The third kappa shape index (κ3) is 3.49. The maximum absolute atomic E-state index is 13.4. The van der Waals surface area contributed by atoms with Crippen molar-refractivity contribution in [3.05, 3.63) is 71.0 Å². The van der Waals surface area contributed by atoms with Crippen molar-refractivity contribution in [3.8, 4) is 0 Å². The number of fused-ring (bicyclic) bond motifs is 1. The lowest BCUT2D eigenvalue weighted by molar-refractivity contribution is -0.143. The van der Waals surface area contributed by atoms with Gasteiger partial charge in [0.15, 0.2) is 0 Å². The fraction of sp³-hybridized carbons (Fsp3) is 0.409. The Bertz CT molecular complexity index is 821. The first-order valence-corrected chi connectivity index (χ1v) is 9.48. The van der Waals surface area contributed by atoms with Gasteiger partial charge in [-0.3, -0.25) is 4.79 Å². The van der Waals surface area contributed by atoms with Crippen molar-refractivity contribution in [1.29, 1.82) is 0 Å². The van der Waals surface area contributed by atoms with Gasteiger partial charge in [-0.05, 0) is 48.6 Å². The Morgan fingerprint density at radius 3 is 2.67 bits per heavy atom. The largest absolute Gasteiger partial charge is 0.393 e. The topological polar surface area (TPSA) is 49.8 Å². The Morgan fingerprint density at radius 2 is 1.96 bits per heavy atom. The first-order valence-electron chi connectivity index (χ1n) is 9.48. The lowest BCUT2D eigenvalue weighted by Crippen LogP contribution is -2.45. The van der Waals surface area contributed by atoms with E-state index in [9.17, 15) is 14.3 Å². The molecule has 0 bridgehead atoms. The van der Waals surface area contributed by atoms with Gasteiger partial charge in [-0.2, -0.15) is 0 Å². The van der Waals surface area contributed by atoms with E-state index in [1.54, 1.807) is 19.1 Å². The average molecular weight is 369 g/mol. The summed E-state index contributed by atoms with van der Waals surface area (Å²) in [6.07, 6.45) is 0.298. The lowest BCUT2D eigenvalue weighted by atomic mass is 9.87. The van der Waals surface area contributed by atoms with E-state index >= 15 is 0 Å². The summed E-state index contributed by atoms with van der Waals surface area (Å²) in [5, 5.41) is 9.81. The first kappa shape index (κ1) is 18.1. The van der Waals surface area contributed by atoms with Crippen LogP contribution in [-0.2, 0) is 16.0 Å². The molecule has 142 valence electrons. The van der Waals surface area contributed by atoms with Gasteiger partial charge in [-0.15, -0.1) is 0 Å². The van der Waals surface area contributed by atoms with Crippen LogP contribution in [0, 0.1) is 11.7 Å². The number of carbonyl (C=O) groups excluding carboxylic acids is 1. The van der Waals surface area contributed by atoms with E-state index < -0.39 is 12.2 Å². The molecule has 4 rings (SSSR count). The molecule has 2 aromatic rings. The van der Waals surface area contributed by atoms with Crippen LogP contribution < -0.4 is 0 Å². The van der Waals surface area contributed by atoms with Crippen molar-refractivity contribution in [1.82, 2.24) is 4.90 Å². The van der Waals surface area contributed by atoms with E-state index in [-0.39, 0.29) is 23.7 Å². The van der Waals surface area contributed by atoms with Crippen molar-refractivity contribution in [2.45, 2.75) is 38.0 Å². The van der Waals surface area contributed by atoms with E-state index in [2.05, 4.69) is 6.07 Å². The molecule has 2 aliphatic rings. The summed E-state index contributed by atoms with van der Waals surface area (Å²) >= 11 is 0. The molecule has 27 heavy (non-hydrogen) atoms. The van der Waals surface area contributed by atoms with Gasteiger partial charge in [0, 0.05) is 12.5 Å². The molecule has 0 radical (unpaired) electrons.